The van der Waals surface area contributed by atoms with E-state index in [-0.39, 0.29) is 23.1 Å². The van der Waals surface area contributed by atoms with Crippen molar-refractivity contribution in [2.24, 2.45) is 11.3 Å². The number of hydrogen-bond acceptors (Lipinski definition) is 3. The summed E-state index contributed by atoms with van der Waals surface area (Å²) in [5.41, 5.74) is 0.707. The van der Waals surface area contributed by atoms with Gasteiger partial charge in [-0.15, -0.1) is 0 Å². The molecule has 0 radical (unpaired) electrons. The first-order valence-electron chi connectivity index (χ1n) is 9.29. The molecule has 1 aromatic rings. The Labute approximate surface area is 151 Å². The lowest BCUT2D eigenvalue weighted by Gasteiger charge is -2.35. The zero-order valence-electron chi connectivity index (χ0n) is 15.6. The average Bonchev–Trinajstić information content (AvgIpc) is 2.64. The van der Waals surface area contributed by atoms with Crippen LogP contribution in [0.3, 0.4) is 0 Å². The van der Waals surface area contributed by atoms with E-state index >= 15 is 0 Å². The highest BCUT2D eigenvalue weighted by atomic mass is 16.2. The second-order valence-corrected chi connectivity index (χ2v) is 7.48. The van der Waals surface area contributed by atoms with Crippen LogP contribution in [-0.2, 0) is 4.79 Å². The van der Waals surface area contributed by atoms with Crippen LogP contribution in [0.4, 0.5) is 0 Å². The molecule has 1 aromatic carbocycles. The van der Waals surface area contributed by atoms with Gasteiger partial charge in [0.2, 0.25) is 5.91 Å². The predicted octanol–water partition coefficient (Wildman–Crippen LogP) is 2.34. The van der Waals surface area contributed by atoms with Gasteiger partial charge in [0.05, 0.1) is 0 Å². The molecule has 0 spiro atoms. The van der Waals surface area contributed by atoms with Gasteiger partial charge in [0.1, 0.15) is 6.04 Å². The van der Waals surface area contributed by atoms with Crippen LogP contribution in [0.25, 0.3) is 0 Å². The standard InChI is InChI=1S/C20H31N3O2/c1-4-15(2)17(23-18(24)16-8-6-5-7-9-16)19(25)22-14-20(3)10-12-21-13-11-20/h5-9,15,17,21H,4,10-14H2,1-3H3,(H,22,25)(H,23,24). The number of nitrogens with one attached hydrogen (secondary N) is 3. The molecule has 2 unspecified atom stereocenters. The fraction of sp³-hybridized carbons (Fsp3) is 0.600. The Morgan fingerprint density at radius 2 is 1.84 bits per heavy atom. The number of carbonyl (C=O) groups is 2. The van der Waals surface area contributed by atoms with E-state index in [4.69, 9.17) is 0 Å². The van der Waals surface area contributed by atoms with Crippen LogP contribution < -0.4 is 16.0 Å². The highest BCUT2D eigenvalue weighted by Crippen LogP contribution is 2.26. The maximum atomic E-state index is 12.8. The van der Waals surface area contributed by atoms with Crippen molar-refractivity contribution in [3.63, 3.8) is 0 Å². The van der Waals surface area contributed by atoms with E-state index in [0.717, 1.165) is 32.4 Å². The van der Waals surface area contributed by atoms with Gasteiger partial charge in [-0.2, -0.15) is 0 Å². The van der Waals surface area contributed by atoms with Crippen LogP contribution in [0.2, 0.25) is 0 Å². The molecule has 5 heteroatoms. The molecule has 1 aliphatic rings. The van der Waals surface area contributed by atoms with Crippen molar-refractivity contribution in [1.82, 2.24) is 16.0 Å². The molecule has 1 heterocycles. The van der Waals surface area contributed by atoms with E-state index in [2.05, 4.69) is 22.9 Å². The minimum Gasteiger partial charge on any atom is -0.354 e. The lowest BCUT2D eigenvalue weighted by molar-refractivity contribution is -0.124. The van der Waals surface area contributed by atoms with Crippen molar-refractivity contribution < 1.29 is 9.59 Å². The molecule has 25 heavy (non-hydrogen) atoms. The Morgan fingerprint density at radius 3 is 2.44 bits per heavy atom. The van der Waals surface area contributed by atoms with E-state index in [1.165, 1.54) is 0 Å². The summed E-state index contributed by atoms with van der Waals surface area (Å²) in [4.78, 5) is 25.2. The van der Waals surface area contributed by atoms with Gasteiger partial charge in [0.15, 0.2) is 0 Å². The molecule has 1 fully saturated rings. The second kappa shape index (κ2) is 8.99. The smallest absolute Gasteiger partial charge is 0.251 e. The van der Waals surface area contributed by atoms with Gasteiger partial charge in [-0.05, 0) is 49.4 Å². The molecule has 5 nitrogen and oxygen atoms in total. The molecule has 1 saturated heterocycles. The summed E-state index contributed by atoms with van der Waals surface area (Å²) in [7, 11) is 0. The van der Waals surface area contributed by atoms with E-state index in [0.29, 0.717) is 12.1 Å². The topological polar surface area (TPSA) is 70.2 Å². The summed E-state index contributed by atoms with van der Waals surface area (Å²) >= 11 is 0. The average molecular weight is 345 g/mol. The third kappa shape index (κ3) is 5.56. The van der Waals surface area contributed by atoms with Crippen molar-refractivity contribution in [3.05, 3.63) is 35.9 Å². The lowest BCUT2D eigenvalue weighted by atomic mass is 9.81. The van der Waals surface area contributed by atoms with Crippen LogP contribution in [0.1, 0.15) is 50.4 Å². The van der Waals surface area contributed by atoms with E-state index in [1.54, 1.807) is 12.1 Å². The van der Waals surface area contributed by atoms with Crippen LogP contribution in [-0.4, -0.2) is 37.5 Å². The first kappa shape index (κ1) is 19.4. The van der Waals surface area contributed by atoms with Gasteiger partial charge < -0.3 is 16.0 Å². The van der Waals surface area contributed by atoms with Crippen LogP contribution in [0.5, 0.6) is 0 Å². The number of rotatable bonds is 7. The van der Waals surface area contributed by atoms with E-state index in [1.807, 2.05) is 32.0 Å². The van der Waals surface area contributed by atoms with Gasteiger partial charge in [-0.3, -0.25) is 9.59 Å². The Bertz CT molecular complexity index is 568. The maximum absolute atomic E-state index is 12.8. The molecule has 0 aromatic heterocycles. The maximum Gasteiger partial charge on any atom is 0.251 e. The summed E-state index contributed by atoms with van der Waals surface area (Å²) in [6, 6.07) is 8.53. The first-order chi connectivity index (χ1) is 11.9. The molecular formula is C20H31N3O2. The number of carbonyl (C=O) groups excluding carboxylic acids is 2. The van der Waals surface area contributed by atoms with Crippen LogP contribution in [0.15, 0.2) is 30.3 Å². The van der Waals surface area contributed by atoms with Crippen molar-refractivity contribution in [1.29, 1.82) is 0 Å². The van der Waals surface area contributed by atoms with E-state index < -0.39 is 6.04 Å². The van der Waals surface area contributed by atoms with E-state index in [9.17, 15) is 9.59 Å². The number of benzene rings is 1. The minimum absolute atomic E-state index is 0.0773. The van der Waals surface area contributed by atoms with Crippen molar-refractivity contribution >= 4 is 11.8 Å². The monoisotopic (exact) mass is 345 g/mol. The first-order valence-corrected chi connectivity index (χ1v) is 9.29. The largest absolute Gasteiger partial charge is 0.354 e. The van der Waals surface area contributed by atoms with Gasteiger partial charge in [-0.1, -0.05) is 45.4 Å². The summed E-state index contributed by atoms with van der Waals surface area (Å²) in [5.74, 6) is -0.207. The molecule has 0 saturated carbocycles. The predicted molar refractivity (Wildman–Crippen MR) is 100 cm³/mol. The summed E-state index contributed by atoms with van der Waals surface area (Å²) in [6.07, 6.45) is 2.93. The fourth-order valence-corrected chi connectivity index (χ4v) is 3.13. The summed E-state index contributed by atoms with van der Waals surface area (Å²) in [6.45, 7) is 8.89. The molecule has 2 rings (SSSR count). The Kier molecular flexibility index (Phi) is 7.00. The molecule has 2 atom stereocenters. The summed E-state index contributed by atoms with van der Waals surface area (Å²) < 4.78 is 0. The van der Waals surface area contributed by atoms with Gasteiger partial charge in [-0.25, -0.2) is 0 Å². The molecule has 138 valence electrons. The zero-order chi connectivity index (χ0) is 18.3. The van der Waals surface area contributed by atoms with Gasteiger partial charge in [0, 0.05) is 12.1 Å². The normalized spacial score (nSPS) is 18.8. The molecule has 1 aliphatic heterocycles. The summed E-state index contributed by atoms with van der Waals surface area (Å²) in [5, 5.41) is 9.36. The van der Waals surface area contributed by atoms with Crippen molar-refractivity contribution in [2.75, 3.05) is 19.6 Å². The highest BCUT2D eigenvalue weighted by molar-refractivity contribution is 5.97. The Balaban J connectivity index is 1.98. The van der Waals surface area contributed by atoms with Gasteiger partial charge in [0.25, 0.3) is 5.91 Å². The van der Waals surface area contributed by atoms with Crippen LogP contribution in [0, 0.1) is 11.3 Å². The van der Waals surface area contributed by atoms with Crippen LogP contribution >= 0.6 is 0 Å². The molecule has 0 aliphatic carbocycles. The number of piperidine rings is 1. The second-order valence-electron chi connectivity index (χ2n) is 7.48. The zero-order valence-corrected chi connectivity index (χ0v) is 15.6. The lowest BCUT2D eigenvalue weighted by Crippen LogP contribution is -2.52. The SMILES string of the molecule is CCC(C)C(NC(=O)c1ccccc1)C(=O)NCC1(C)CCNCC1. The number of amides is 2. The quantitative estimate of drug-likeness (QED) is 0.710. The third-order valence-corrected chi connectivity index (χ3v) is 5.32. The molecule has 3 N–H and O–H groups in total. The minimum atomic E-state index is -0.511. The molecule has 0 bridgehead atoms. The molecule has 2 amide bonds. The Morgan fingerprint density at radius 1 is 1.20 bits per heavy atom. The van der Waals surface area contributed by atoms with Crippen molar-refractivity contribution in [3.8, 4) is 0 Å². The number of hydrogen-bond donors (Lipinski definition) is 3. The van der Waals surface area contributed by atoms with Gasteiger partial charge >= 0.3 is 0 Å². The molecular weight excluding hydrogens is 314 g/mol. The Hall–Kier alpha value is -1.88. The third-order valence-electron chi connectivity index (χ3n) is 5.32. The van der Waals surface area contributed by atoms with Crippen molar-refractivity contribution in [2.45, 2.75) is 46.1 Å². The highest BCUT2D eigenvalue weighted by Gasteiger charge is 2.30. The fourth-order valence-electron chi connectivity index (χ4n) is 3.13.